The topological polar surface area (TPSA) is 41.6 Å². The minimum atomic E-state index is -0.193. The second-order valence-electron chi connectivity index (χ2n) is 6.90. The predicted molar refractivity (Wildman–Crippen MR) is 128 cm³/mol. The van der Waals surface area contributed by atoms with Gasteiger partial charge in [0.05, 0.1) is 12.2 Å². The number of hydrogen-bond donors (Lipinski definition) is 1. The van der Waals surface area contributed by atoms with Gasteiger partial charge in [0.25, 0.3) is 5.91 Å². The van der Waals surface area contributed by atoms with E-state index in [9.17, 15) is 4.79 Å². The van der Waals surface area contributed by atoms with Crippen LogP contribution in [-0.4, -0.2) is 25.6 Å². The number of hydrogen-bond acceptors (Lipinski definition) is 3. The van der Waals surface area contributed by atoms with Crippen LogP contribution in [0, 0.1) is 0 Å². The number of anilines is 2. The first-order chi connectivity index (χ1) is 14.6. The molecule has 0 fully saturated rings. The van der Waals surface area contributed by atoms with Crippen molar-refractivity contribution in [2.24, 2.45) is 0 Å². The monoisotopic (exact) mass is 466 g/mol. The molecule has 0 spiro atoms. The molecule has 0 aliphatic carbocycles. The summed E-state index contributed by atoms with van der Waals surface area (Å²) in [5.41, 5.74) is 3.61. The van der Waals surface area contributed by atoms with Crippen LogP contribution in [0.2, 0.25) is 0 Å². The Morgan fingerprint density at radius 2 is 1.67 bits per heavy atom. The van der Waals surface area contributed by atoms with E-state index in [0.29, 0.717) is 17.9 Å². The third-order valence-electron chi connectivity index (χ3n) is 4.93. The first-order valence-electron chi connectivity index (χ1n) is 10.2. The standard InChI is InChI=1S/C25H27BrN2O2/c1-3-28(4-2)22-13-11-21(12-14-22)27-25(29)23-18-20(26)10-15-24(23)30-17-16-19-8-6-5-7-9-19/h5-15,18H,3-4,16-17H2,1-2H3,(H,27,29). The van der Waals surface area contributed by atoms with Gasteiger partial charge in [-0.15, -0.1) is 0 Å². The molecule has 0 aliphatic rings. The molecule has 0 atom stereocenters. The lowest BCUT2D eigenvalue weighted by Crippen LogP contribution is -2.21. The summed E-state index contributed by atoms with van der Waals surface area (Å²) in [5.74, 6) is 0.382. The lowest BCUT2D eigenvalue weighted by atomic mass is 10.1. The Balaban J connectivity index is 1.68. The van der Waals surface area contributed by atoms with Gasteiger partial charge in [-0.1, -0.05) is 46.3 Å². The summed E-state index contributed by atoms with van der Waals surface area (Å²) in [6, 6.07) is 23.6. The Morgan fingerprint density at radius 1 is 0.967 bits per heavy atom. The van der Waals surface area contributed by atoms with Gasteiger partial charge in [0.1, 0.15) is 5.75 Å². The molecule has 0 saturated carbocycles. The van der Waals surface area contributed by atoms with Gasteiger partial charge in [0.2, 0.25) is 0 Å². The van der Waals surface area contributed by atoms with Crippen molar-refractivity contribution in [3.8, 4) is 5.75 Å². The van der Waals surface area contributed by atoms with Crippen LogP contribution in [0.25, 0.3) is 0 Å². The molecule has 0 aliphatic heterocycles. The van der Waals surface area contributed by atoms with E-state index >= 15 is 0 Å². The molecule has 0 bridgehead atoms. The van der Waals surface area contributed by atoms with Crippen molar-refractivity contribution in [2.75, 3.05) is 29.9 Å². The molecule has 0 saturated heterocycles. The maximum absolute atomic E-state index is 12.9. The molecule has 1 amide bonds. The Morgan fingerprint density at radius 3 is 2.33 bits per heavy atom. The second kappa shape index (κ2) is 10.8. The van der Waals surface area contributed by atoms with Crippen LogP contribution < -0.4 is 15.0 Å². The summed E-state index contributed by atoms with van der Waals surface area (Å²) in [5, 5.41) is 2.98. The fraction of sp³-hybridized carbons (Fsp3) is 0.240. The summed E-state index contributed by atoms with van der Waals surface area (Å²) >= 11 is 3.46. The molecule has 0 aromatic heterocycles. The van der Waals surface area contributed by atoms with Gasteiger partial charge in [0, 0.05) is 35.4 Å². The Labute approximate surface area is 187 Å². The molecule has 3 rings (SSSR count). The Bertz CT molecular complexity index is 955. The van der Waals surface area contributed by atoms with Crippen molar-refractivity contribution in [1.82, 2.24) is 0 Å². The Hall–Kier alpha value is -2.79. The fourth-order valence-electron chi connectivity index (χ4n) is 3.27. The van der Waals surface area contributed by atoms with E-state index in [1.807, 2.05) is 54.6 Å². The maximum atomic E-state index is 12.9. The van der Waals surface area contributed by atoms with E-state index in [-0.39, 0.29) is 5.91 Å². The summed E-state index contributed by atoms with van der Waals surface area (Å²) < 4.78 is 6.78. The zero-order valence-corrected chi connectivity index (χ0v) is 19.0. The van der Waals surface area contributed by atoms with Crippen molar-refractivity contribution in [3.05, 3.63) is 88.4 Å². The van der Waals surface area contributed by atoms with Crippen LogP contribution >= 0.6 is 15.9 Å². The van der Waals surface area contributed by atoms with E-state index in [1.165, 1.54) is 5.56 Å². The number of carbonyl (C=O) groups is 1. The molecule has 3 aromatic rings. The quantitative estimate of drug-likeness (QED) is 0.409. The second-order valence-corrected chi connectivity index (χ2v) is 7.81. The van der Waals surface area contributed by atoms with E-state index in [2.05, 4.69) is 52.1 Å². The number of ether oxygens (including phenoxy) is 1. The maximum Gasteiger partial charge on any atom is 0.259 e. The van der Waals surface area contributed by atoms with Crippen molar-refractivity contribution >= 4 is 33.2 Å². The molecule has 0 radical (unpaired) electrons. The molecule has 0 unspecified atom stereocenters. The van der Waals surface area contributed by atoms with Gasteiger partial charge in [-0.2, -0.15) is 0 Å². The summed E-state index contributed by atoms with van der Waals surface area (Å²) in [6.07, 6.45) is 0.783. The molecule has 156 valence electrons. The van der Waals surface area contributed by atoms with Crippen molar-refractivity contribution in [1.29, 1.82) is 0 Å². The molecular weight excluding hydrogens is 440 g/mol. The zero-order chi connectivity index (χ0) is 21.3. The summed E-state index contributed by atoms with van der Waals surface area (Å²) in [7, 11) is 0. The summed E-state index contributed by atoms with van der Waals surface area (Å²) in [6.45, 7) is 6.66. The normalized spacial score (nSPS) is 10.5. The number of nitrogens with zero attached hydrogens (tertiary/aromatic N) is 1. The average Bonchev–Trinajstić information content (AvgIpc) is 2.77. The van der Waals surface area contributed by atoms with Gasteiger partial charge in [-0.3, -0.25) is 4.79 Å². The van der Waals surface area contributed by atoms with Crippen molar-refractivity contribution in [3.63, 3.8) is 0 Å². The number of carbonyl (C=O) groups excluding carboxylic acids is 1. The highest BCUT2D eigenvalue weighted by atomic mass is 79.9. The number of rotatable bonds is 9. The van der Waals surface area contributed by atoms with Gasteiger partial charge >= 0.3 is 0 Å². The molecule has 5 heteroatoms. The highest BCUT2D eigenvalue weighted by molar-refractivity contribution is 9.10. The number of nitrogens with one attached hydrogen (secondary N) is 1. The first-order valence-corrected chi connectivity index (χ1v) is 11.0. The molecular formula is C25H27BrN2O2. The lowest BCUT2D eigenvalue weighted by molar-refractivity contribution is 0.102. The highest BCUT2D eigenvalue weighted by Crippen LogP contribution is 2.25. The number of halogens is 1. The Kier molecular flexibility index (Phi) is 7.91. The van der Waals surface area contributed by atoms with Crippen LogP contribution in [0.15, 0.2) is 77.3 Å². The highest BCUT2D eigenvalue weighted by Gasteiger charge is 2.14. The van der Waals surface area contributed by atoms with Crippen molar-refractivity contribution < 1.29 is 9.53 Å². The molecule has 4 nitrogen and oxygen atoms in total. The predicted octanol–water partition coefficient (Wildman–Crippen LogP) is 6.17. The number of benzene rings is 3. The largest absolute Gasteiger partial charge is 0.492 e. The fourth-order valence-corrected chi connectivity index (χ4v) is 3.63. The van der Waals surface area contributed by atoms with Gasteiger partial charge in [-0.25, -0.2) is 0 Å². The van der Waals surface area contributed by atoms with E-state index < -0.39 is 0 Å². The van der Waals surface area contributed by atoms with Crippen LogP contribution in [0.3, 0.4) is 0 Å². The van der Waals surface area contributed by atoms with Crippen molar-refractivity contribution in [2.45, 2.75) is 20.3 Å². The third kappa shape index (κ3) is 5.86. The minimum absolute atomic E-state index is 0.193. The average molecular weight is 467 g/mol. The van der Waals surface area contributed by atoms with Crippen LogP contribution in [0.1, 0.15) is 29.8 Å². The smallest absolute Gasteiger partial charge is 0.259 e. The SMILES string of the molecule is CCN(CC)c1ccc(NC(=O)c2cc(Br)ccc2OCCc2ccccc2)cc1. The molecule has 3 aromatic carbocycles. The zero-order valence-electron chi connectivity index (χ0n) is 17.4. The number of amides is 1. The van der Waals surface area contributed by atoms with Crippen LogP contribution in [-0.2, 0) is 6.42 Å². The molecule has 0 heterocycles. The van der Waals surface area contributed by atoms with Gasteiger partial charge in [0.15, 0.2) is 0 Å². The van der Waals surface area contributed by atoms with Crippen LogP contribution in [0.4, 0.5) is 11.4 Å². The van der Waals surface area contributed by atoms with E-state index in [1.54, 1.807) is 6.07 Å². The molecule has 1 N–H and O–H groups in total. The first kappa shape index (κ1) is 21.9. The van der Waals surface area contributed by atoms with E-state index in [4.69, 9.17) is 4.74 Å². The van der Waals surface area contributed by atoms with E-state index in [0.717, 1.165) is 35.4 Å². The summed E-state index contributed by atoms with van der Waals surface area (Å²) in [4.78, 5) is 15.2. The van der Waals surface area contributed by atoms with Crippen LogP contribution in [0.5, 0.6) is 5.75 Å². The van der Waals surface area contributed by atoms with Gasteiger partial charge in [-0.05, 0) is 61.9 Å². The third-order valence-corrected chi connectivity index (χ3v) is 5.42. The minimum Gasteiger partial charge on any atom is -0.492 e. The lowest BCUT2D eigenvalue weighted by Gasteiger charge is -2.21. The van der Waals surface area contributed by atoms with Gasteiger partial charge < -0.3 is 15.0 Å². The molecule has 30 heavy (non-hydrogen) atoms.